The summed E-state index contributed by atoms with van der Waals surface area (Å²) >= 11 is 0. The quantitative estimate of drug-likeness (QED) is 0.483. The standard InChI is InChI=1S/C28H33N3O3/c1-30(2)27(33)25(14-9-19-29)31(20-21-15-17-24(32)18-16-21)28(34)26(22-10-5-3-6-11-22)23-12-7-4-8-13-23/h3-8,10-13,15-18,25-26,32H,9,14,19-20,29H2,1-2H3/t25-/m0/s1. The van der Waals surface area contributed by atoms with Crippen molar-refractivity contribution in [3.63, 3.8) is 0 Å². The molecule has 0 spiro atoms. The molecule has 0 aliphatic rings. The molecule has 0 heterocycles. The maximum Gasteiger partial charge on any atom is 0.244 e. The van der Waals surface area contributed by atoms with Gasteiger partial charge >= 0.3 is 0 Å². The monoisotopic (exact) mass is 459 g/mol. The Kier molecular flexibility index (Phi) is 8.82. The van der Waals surface area contributed by atoms with E-state index in [2.05, 4.69) is 0 Å². The van der Waals surface area contributed by atoms with Gasteiger partial charge in [0.05, 0.1) is 5.92 Å². The van der Waals surface area contributed by atoms with Gasteiger partial charge in [0.15, 0.2) is 0 Å². The number of nitrogens with two attached hydrogens (primary N) is 1. The van der Waals surface area contributed by atoms with E-state index in [9.17, 15) is 14.7 Å². The van der Waals surface area contributed by atoms with Crippen LogP contribution in [-0.2, 0) is 16.1 Å². The Balaban J connectivity index is 2.10. The predicted octanol–water partition coefficient (Wildman–Crippen LogP) is 3.75. The van der Waals surface area contributed by atoms with Crippen molar-refractivity contribution in [3.05, 3.63) is 102 Å². The summed E-state index contributed by atoms with van der Waals surface area (Å²) in [6.45, 7) is 0.670. The zero-order chi connectivity index (χ0) is 24.5. The zero-order valence-electron chi connectivity index (χ0n) is 19.8. The molecule has 3 rings (SSSR count). The Labute approximate surface area is 201 Å². The number of likely N-dealkylation sites (N-methyl/N-ethyl adjacent to an activating group) is 1. The van der Waals surface area contributed by atoms with Crippen LogP contribution in [0.25, 0.3) is 0 Å². The van der Waals surface area contributed by atoms with Crippen LogP contribution in [0, 0.1) is 0 Å². The average Bonchev–Trinajstić information content (AvgIpc) is 2.86. The molecule has 0 aromatic heterocycles. The van der Waals surface area contributed by atoms with E-state index >= 15 is 0 Å². The van der Waals surface area contributed by atoms with E-state index in [0.717, 1.165) is 16.7 Å². The molecule has 6 nitrogen and oxygen atoms in total. The SMILES string of the molecule is CN(C)C(=O)[C@H](CCCN)N(Cc1ccc(O)cc1)C(=O)C(c1ccccc1)c1ccccc1. The average molecular weight is 460 g/mol. The normalized spacial score (nSPS) is 11.8. The number of carbonyl (C=O) groups is 2. The summed E-state index contributed by atoms with van der Waals surface area (Å²) in [7, 11) is 3.40. The minimum Gasteiger partial charge on any atom is -0.508 e. The van der Waals surface area contributed by atoms with Crippen LogP contribution in [0.2, 0.25) is 0 Å². The van der Waals surface area contributed by atoms with E-state index in [1.54, 1.807) is 43.3 Å². The summed E-state index contributed by atoms with van der Waals surface area (Å²) in [6.07, 6.45) is 1.08. The Morgan fingerprint density at radius 1 is 0.824 bits per heavy atom. The van der Waals surface area contributed by atoms with Gasteiger partial charge in [-0.1, -0.05) is 72.8 Å². The van der Waals surface area contributed by atoms with Gasteiger partial charge < -0.3 is 20.6 Å². The molecular formula is C28H33N3O3. The van der Waals surface area contributed by atoms with Gasteiger partial charge in [0.2, 0.25) is 11.8 Å². The van der Waals surface area contributed by atoms with E-state index in [4.69, 9.17) is 5.73 Å². The van der Waals surface area contributed by atoms with Crippen molar-refractivity contribution in [2.45, 2.75) is 31.3 Å². The lowest BCUT2D eigenvalue weighted by Gasteiger charge is -2.35. The third-order valence-corrected chi connectivity index (χ3v) is 5.87. The van der Waals surface area contributed by atoms with Crippen molar-refractivity contribution in [1.29, 1.82) is 0 Å². The lowest BCUT2D eigenvalue weighted by Crippen LogP contribution is -2.50. The van der Waals surface area contributed by atoms with E-state index in [1.165, 1.54) is 4.90 Å². The smallest absolute Gasteiger partial charge is 0.244 e. The van der Waals surface area contributed by atoms with E-state index in [0.29, 0.717) is 19.4 Å². The number of benzene rings is 3. The number of carbonyl (C=O) groups excluding carboxylic acids is 2. The summed E-state index contributed by atoms with van der Waals surface area (Å²) in [6, 6.07) is 25.3. The molecular weight excluding hydrogens is 426 g/mol. The highest BCUT2D eigenvalue weighted by Crippen LogP contribution is 2.30. The van der Waals surface area contributed by atoms with Gasteiger partial charge in [0, 0.05) is 20.6 Å². The van der Waals surface area contributed by atoms with Gasteiger partial charge in [0.1, 0.15) is 11.8 Å². The first-order chi connectivity index (χ1) is 16.4. The van der Waals surface area contributed by atoms with Crippen molar-refractivity contribution in [3.8, 4) is 5.75 Å². The number of hydrogen-bond acceptors (Lipinski definition) is 4. The molecule has 3 aromatic carbocycles. The molecule has 0 fully saturated rings. The predicted molar refractivity (Wildman–Crippen MR) is 134 cm³/mol. The third-order valence-electron chi connectivity index (χ3n) is 5.87. The van der Waals surface area contributed by atoms with E-state index in [1.807, 2.05) is 60.7 Å². The molecule has 0 saturated heterocycles. The summed E-state index contributed by atoms with van der Waals surface area (Å²) in [5, 5.41) is 9.72. The van der Waals surface area contributed by atoms with E-state index < -0.39 is 12.0 Å². The second kappa shape index (κ2) is 12.0. The fourth-order valence-electron chi connectivity index (χ4n) is 4.10. The second-order valence-electron chi connectivity index (χ2n) is 8.57. The Morgan fingerprint density at radius 2 is 1.35 bits per heavy atom. The fraction of sp³-hybridized carbons (Fsp3) is 0.286. The molecule has 0 aliphatic carbocycles. The van der Waals surface area contributed by atoms with Crippen LogP contribution in [0.5, 0.6) is 5.75 Å². The Bertz CT molecular complexity index is 1010. The molecule has 34 heavy (non-hydrogen) atoms. The third kappa shape index (κ3) is 6.23. The first kappa shape index (κ1) is 25.0. The van der Waals surface area contributed by atoms with Crippen molar-refractivity contribution in [1.82, 2.24) is 9.80 Å². The Morgan fingerprint density at radius 3 is 1.82 bits per heavy atom. The number of amides is 2. The number of hydrogen-bond donors (Lipinski definition) is 2. The van der Waals surface area contributed by atoms with Crippen LogP contribution < -0.4 is 5.73 Å². The van der Waals surface area contributed by atoms with Crippen molar-refractivity contribution >= 4 is 11.8 Å². The van der Waals surface area contributed by atoms with E-state index in [-0.39, 0.29) is 24.1 Å². The van der Waals surface area contributed by atoms with Crippen LogP contribution in [0.3, 0.4) is 0 Å². The van der Waals surface area contributed by atoms with Gasteiger partial charge in [-0.05, 0) is 48.2 Å². The number of phenols is 1. The van der Waals surface area contributed by atoms with Crippen LogP contribution in [0.15, 0.2) is 84.9 Å². The minimum atomic E-state index is -0.658. The topological polar surface area (TPSA) is 86.9 Å². The largest absolute Gasteiger partial charge is 0.508 e. The van der Waals surface area contributed by atoms with Crippen molar-refractivity contribution in [2.75, 3.05) is 20.6 Å². The molecule has 3 aromatic rings. The zero-order valence-corrected chi connectivity index (χ0v) is 19.8. The summed E-state index contributed by atoms with van der Waals surface area (Å²) in [5.41, 5.74) is 8.34. The lowest BCUT2D eigenvalue weighted by atomic mass is 9.89. The number of rotatable bonds is 10. The maximum atomic E-state index is 14.3. The molecule has 3 N–H and O–H groups in total. The number of phenolic OH excluding ortho intramolecular Hbond substituents is 1. The summed E-state index contributed by atoms with van der Waals surface area (Å²) in [4.78, 5) is 30.8. The highest BCUT2D eigenvalue weighted by atomic mass is 16.3. The molecule has 0 aliphatic heterocycles. The fourth-order valence-corrected chi connectivity index (χ4v) is 4.10. The lowest BCUT2D eigenvalue weighted by molar-refractivity contribution is -0.145. The van der Waals surface area contributed by atoms with Crippen LogP contribution >= 0.6 is 0 Å². The van der Waals surface area contributed by atoms with Gasteiger partial charge in [-0.15, -0.1) is 0 Å². The molecule has 0 radical (unpaired) electrons. The molecule has 2 amide bonds. The van der Waals surface area contributed by atoms with Crippen LogP contribution in [0.1, 0.15) is 35.4 Å². The first-order valence-electron chi connectivity index (χ1n) is 11.5. The number of nitrogens with zero attached hydrogens (tertiary/aromatic N) is 2. The molecule has 178 valence electrons. The van der Waals surface area contributed by atoms with Crippen molar-refractivity contribution < 1.29 is 14.7 Å². The molecule has 0 saturated carbocycles. The summed E-state index contributed by atoms with van der Waals surface area (Å²) in [5.74, 6) is -0.699. The maximum absolute atomic E-state index is 14.3. The van der Waals surface area contributed by atoms with Gasteiger partial charge in [-0.3, -0.25) is 9.59 Å². The van der Waals surface area contributed by atoms with Crippen molar-refractivity contribution in [2.24, 2.45) is 5.73 Å². The van der Waals surface area contributed by atoms with Gasteiger partial charge in [-0.25, -0.2) is 0 Å². The number of aromatic hydroxyl groups is 1. The summed E-state index contributed by atoms with van der Waals surface area (Å²) < 4.78 is 0. The van der Waals surface area contributed by atoms with Crippen LogP contribution in [-0.4, -0.2) is 53.4 Å². The first-order valence-corrected chi connectivity index (χ1v) is 11.5. The van der Waals surface area contributed by atoms with Gasteiger partial charge in [0.25, 0.3) is 0 Å². The molecule has 1 atom stereocenters. The second-order valence-corrected chi connectivity index (χ2v) is 8.57. The minimum absolute atomic E-state index is 0.138. The molecule has 0 unspecified atom stereocenters. The molecule has 0 bridgehead atoms. The highest BCUT2D eigenvalue weighted by molar-refractivity contribution is 5.92. The van der Waals surface area contributed by atoms with Gasteiger partial charge in [-0.2, -0.15) is 0 Å². The highest BCUT2D eigenvalue weighted by Gasteiger charge is 2.35. The van der Waals surface area contributed by atoms with Crippen LogP contribution in [0.4, 0.5) is 0 Å². The Hall–Kier alpha value is -3.64. The molecule has 6 heteroatoms.